The number of benzene rings is 1. The first kappa shape index (κ1) is 10.4. The molecule has 0 aromatic heterocycles. The summed E-state index contributed by atoms with van der Waals surface area (Å²) in [4.78, 5) is 0. The van der Waals surface area contributed by atoms with Crippen LogP contribution in [-0.4, -0.2) is 18.5 Å². The summed E-state index contributed by atoms with van der Waals surface area (Å²) < 4.78 is 23.8. The molecule has 0 spiro atoms. The summed E-state index contributed by atoms with van der Waals surface area (Å²) in [5, 5.41) is 8.68. The van der Waals surface area contributed by atoms with Crippen molar-refractivity contribution in [3.05, 3.63) is 29.1 Å². The summed E-state index contributed by atoms with van der Waals surface area (Å²) in [5.41, 5.74) is 1.33. The van der Waals surface area contributed by atoms with Crippen molar-refractivity contribution in [3.63, 3.8) is 0 Å². The van der Waals surface area contributed by atoms with Crippen LogP contribution in [0.1, 0.15) is 17.5 Å². The smallest absolute Gasteiger partial charge is 0.189 e. The molecule has 1 aliphatic heterocycles. The molecule has 0 saturated carbocycles. The van der Waals surface area contributed by atoms with Gasteiger partial charge in [0.25, 0.3) is 0 Å². The zero-order valence-electron chi connectivity index (χ0n) is 8.33. The number of aryl methyl sites for hydroxylation is 1. The van der Waals surface area contributed by atoms with E-state index in [9.17, 15) is 4.39 Å². The zero-order valence-corrected chi connectivity index (χ0v) is 8.33. The van der Waals surface area contributed by atoms with Gasteiger partial charge in [-0.25, -0.2) is 4.39 Å². The second-order valence-corrected chi connectivity index (χ2v) is 3.49. The quantitative estimate of drug-likeness (QED) is 0.827. The standard InChI is InChI=1S/C11H13FO3/c12-10-4-9-6-14-7-15-11(9)5-8(10)2-1-3-13/h4-5,13H,1-3,6-7H2. The van der Waals surface area contributed by atoms with E-state index in [1.54, 1.807) is 6.07 Å². The van der Waals surface area contributed by atoms with Gasteiger partial charge >= 0.3 is 0 Å². The Morgan fingerprint density at radius 3 is 3.07 bits per heavy atom. The maximum absolute atomic E-state index is 13.5. The molecule has 0 amide bonds. The molecule has 4 heteroatoms. The summed E-state index contributed by atoms with van der Waals surface area (Å²) in [6.45, 7) is 0.686. The lowest BCUT2D eigenvalue weighted by Gasteiger charge is -2.18. The van der Waals surface area contributed by atoms with E-state index in [2.05, 4.69) is 0 Å². The lowest BCUT2D eigenvalue weighted by atomic mass is 10.1. The second kappa shape index (κ2) is 4.59. The number of ether oxygens (including phenoxy) is 2. The zero-order chi connectivity index (χ0) is 10.7. The van der Waals surface area contributed by atoms with Crippen LogP contribution in [0.2, 0.25) is 0 Å². The van der Waals surface area contributed by atoms with Crippen LogP contribution < -0.4 is 4.74 Å². The van der Waals surface area contributed by atoms with Gasteiger partial charge in [-0.1, -0.05) is 0 Å². The van der Waals surface area contributed by atoms with Gasteiger partial charge in [0.05, 0.1) is 6.61 Å². The fourth-order valence-electron chi connectivity index (χ4n) is 1.60. The Balaban J connectivity index is 2.24. The van der Waals surface area contributed by atoms with Crippen LogP contribution in [0.15, 0.2) is 12.1 Å². The Hall–Kier alpha value is -1.13. The van der Waals surface area contributed by atoms with E-state index in [1.165, 1.54) is 6.07 Å². The van der Waals surface area contributed by atoms with Gasteiger partial charge in [-0.2, -0.15) is 0 Å². The third-order valence-corrected chi connectivity index (χ3v) is 2.39. The van der Waals surface area contributed by atoms with E-state index in [0.29, 0.717) is 30.8 Å². The van der Waals surface area contributed by atoms with Gasteiger partial charge in [-0.05, 0) is 30.5 Å². The van der Waals surface area contributed by atoms with Gasteiger partial charge in [0, 0.05) is 12.2 Å². The minimum atomic E-state index is -0.253. The van der Waals surface area contributed by atoms with Gasteiger partial charge in [0.1, 0.15) is 11.6 Å². The minimum absolute atomic E-state index is 0.0699. The molecule has 0 saturated heterocycles. The molecule has 3 nitrogen and oxygen atoms in total. The van der Waals surface area contributed by atoms with E-state index >= 15 is 0 Å². The number of hydrogen-bond acceptors (Lipinski definition) is 3. The molecule has 0 aliphatic carbocycles. The van der Waals surface area contributed by atoms with Crippen LogP contribution in [0, 0.1) is 5.82 Å². The van der Waals surface area contributed by atoms with Crippen molar-refractivity contribution < 1.29 is 19.0 Å². The summed E-state index contributed by atoms with van der Waals surface area (Å²) in [6, 6.07) is 3.14. The molecule has 1 aliphatic rings. The van der Waals surface area contributed by atoms with Crippen molar-refractivity contribution in [2.75, 3.05) is 13.4 Å². The Morgan fingerprint density at radius 2 is 2.27 bits per heavy atom. The molecule has 0 radical (unpaired) electrons. The molecule has 0 fully saturated rings. The van der Waals surface area contributed by atoms with Gasteiger partial charge < -0.3 is 14.6 Å². The van der Waals surface area contributed by atoms with E-state index in [4.69, 9.17) is 14.6 Å². The van der Waals surface area contributed by atoms with Gasteiger partial charge in [-0.15, -0.1) is 0 Å². The molecular formula is C11H13FO3. The first-order chi connectivity index (χ1) is 7.31. The van der Waals surface area contributed by atoms with Crippen LogP contribution >= 0.6 is 0 Å². The Labute approximate surface area is 87.4 Å². The fraction of sp³-hybridized carbons (Fsp3) is 0.455. The van der Waals surface area contributed by atoms with Crippen molar-refractivity contribution in [1.82, 2.24) is 0 Å². The van der Waals surface area contributed by atoms with Crippen molar-refractivity contribution in [2.24, 2.45) is 0 Å². The highest BCUT2D eigenvalue weighted by Crippen LogP contribution is 2.27. The molecular weight excluding hydrogens is 199 g/mol. The van der Waals surface area contributed by atoms with Crippen molar-refractivity contribution in [2.45, 2.75) is 19.4 Å². The third-order valence-electron chi connectivity index (χ3n) is 2.39. The highest BCUT2D eigenvalue weighted by molar-refractivity contribution is 5.38. The monoisotopic (exact) mass is 212 g/mol. The number of halogens is 1. The van der Waals surface area contributed by atoms with Crippen molar-refractivity contribution in [3.8, 4) is 5.75 Å². The number of rotatable bonds is 3. The molecule has 1 heterocycles. The van der Waals surface area contributed by atoms with E-state index < -0.39 is 0 Å². The fourth-order valence-corrected chi connectivity index (χ4v) is 1.60. The minimum Gasteiger partial charge on any atom is -0.467 e. The van der Waals surface area contributed by atoms with E-state index in [1.807, 2.05) is 0 Å². The largest absolute Gasteiger partial charge is 0.467 e. The average Bonchev–Trinajstić information content (AvgIpc) is 2.26. The maximum Gasteiger partial charge on any atom is 0.189 e. The predicted octanol–water partition coefficient (Wildman–Crippen LogP) is 1.62. The molecule has 15 heavy (non-hydrogen) atoms. The highest BCUT2D eigenvalue weighted by atomic mass is 19.1. The second-order valence-electron chi connectivity index (χ2n) is 3.49. The SMILES string of the molecule is OCCCc1cc2c(cc1F)COCO2. The topological polar surface area (TPSA) is 38.7 Å². The molecule has 82 valence electrons. The van der Waals surface area contributed by atoms with E-state index in [0.717, 1.165) is 5.56 Å². The van der Waals surface area contributed by atoms with Crippen molar-refractivity contribution >= 4 is 0 Å². The molecule has 2 rings (SSSR count). The molecule has 0 atom stereocenters. The van der Waals surface area contributed by atoms with Crippen LogP contribution in [0.4, 0.5) is 4.39 Å². The molecule has 1 aromatic carbocycles. The Bertz CT molecular complexity index is 352. The predicted molar refractivity (Wildman–Crippen MR) is 52.1 cm³/mol. The van der Waals surface area contributed by atoms with Gasteiger partial charge in [-0.3, -0.25) is 0 Å². The molecule has 0 bridgehead atoms. The normalized spacial score (nSPS) is 14.5. The first-order valence-corrected chi connectivity index (χ1v) is 4.94. The summed E-state index contributed by atoms with van der Waals surface area (Å²) in [5.74, 6) is 0.437. The Morgan fingerprint density at radius 1 is 1.40 bits per heavy atom. The number of fused-ring (bicyclic) bond motifs is 1. The van der Waals surface area contributed by atoms with E-state index in [-0.39, 0.29) is 19.2 Å². The number of aliphatic hydroxyl groups is 1. The summed E-state index contributed by atoms with van der Waals surface area (Å²) in [7, 11) is 0. The molecule has 0 unspecified atom stereocenters. The highest BCUT2D eigenvalue weighted by Gasteiger charge is 2.14. The lowest BCUT2D eigenvalue weighted by molar-refractivity contribution is -0.0166. The van der Waals surface area contributed by atoms with Crippen LogP contribution in [0.3, 0.4) is 0 Å². The van der Waals surface area contributed by atoms with Crippen molar-refractivity contribution in [1.29, 1.82) is 0 Å². The third kappa shape index (κ3) is 2.27. The maximum atomic E-state index is 13.5. The van der Waals surface area contributed by atoms with Gasteiger partial charge in [0.15, 0.2) is 6.79 Å². The summed E-state index contributed by atoms with van der Waals surface area (Å²) >= 11 is 0. The summed E-state index contributed by atoms with van der Waals surface area (Å²) in [6.07, 6.45) is 1.09. The Kier molecular flexibility index (Phi) is 3.18. The molecule has 1 aromatic rings. The molecule has 1 N–H and O–H groups in total. The lowest BCUT2D eigenvalue weighted by Crippen LogP contribution is -2.12. The number of hydrogen-bond donors (Lipinski definition) is 1. The van der Waals surface area contributed by atoms with Crippen LogP contribution in [0.25, 0.3) is 0 Å². The average molecular weight is 212 g/mol. The number of aliphatic hydroxyl groups excluding tert-OH is 1. The van der Waals surface area contributed by atoms with Crippen LogP contribution in [-0.2, 0) is 17.8 Å². The first-order valence-electron chi connectivity index (χ1n) is 4.94. The van der Waals surface area contributed by atoms with Gasteiger partial charge in [0.2, 0.25) is 0 Å². The van der Waals surface area contributed by atoms with Crippen LogP contribution in [0.5, 0.6) is 5.75 Å².